The monoisotopic (exact) mass is 219 g/mol. The molecular formula is C12H13NO3. The van der Waals surface area contributed by atoms with E-state index in [1.807, 2.05) is 6.07 Å². The Bertz CT molecular complexity index is 465. The van der Waals surface area contributed by atoms with E-state index in [0.717, 1.165) is 0 Å². The molecule has 0 aliphatic carbocycles. The summed E-state index contributed by atoms with van der Waals surface area (Å²) in [4.78, 5) is 4.08. The molecule has 0 aliphatic heterocycles. The van der Waals surface area contributed by atoms with Crippen LogP contribution in [-0.4, -0.2) is 21.8 Å². The number of phenols is 1. The Hall–Kier alpha value is -1.81. The lowest BCUT2D eigenvalue weighted by atomic mass is 10.2. The van der Waals surface area contributed by atoms with Gasteiger partial charge in [0.05, 0.1) is 11.8 Å². The van der Waals surface area contributed by atoms with Crippen molar-refractivity contribution < 1.29 is 14.6 Å². The van der Waals surface area contributed by atoms with Gasteiger partial charge < -0.3 is 14.6 Å². The van der Waals surface area contributed by atoms with Crippen LogP contribution in [0.3, 0.4) is 0 Å². The number of rotatable bonds is 4. The van der Waals surface area contributed by atoms with Gasteiger partial charge in [0.2, 0.25) is 0 Å². The fourth-order valence-corrected chi connectivity index (χ4v) is 1.46. The molecule has 1 heterocycles. The van der Waals surface area contributed by atoms with E-state index in [0.29, 0.717) is 30.1 Å². The van der Waals surface area contributed by atoms with Crippen LogP contribution >= 0.6 is 0 Å². The molecule has 4 nitrogen and oxygen atoms in total. The number of para-hydroxylation sites is 1. The first-order valence-corrected chi connectivity index (χ1v) is 5.15. The first-order chi connectivity index (χ1) is 7.81. The van der Waals surface area contributed by atoms with Gasteiger partial charge in [-0.15, -0.1) is 0 Å². The van der Waals surface area contributed by atoms with Gasteiger partial charge in [0, 0.05) is 13.0 Å². The maximum absolute atomic E-state index is 9.62. The minimum atomic E-state index is 0.119. The van der Waals surface area contributed by atoms with Gasteiger partial charge in [0.1, 0.15) is 5.75 Å². The zero-order chi connectivity index (χ0) is 11.4. The van der Waals surface area contributed by atoms with Crippen LogP contribution in [0.5, 0.6) is 5.75 Å². The SMILES string of the molecule is OCCCc1ncc(-c2ccccc2O)o1. The molecule has 0 saturated heterocycles. The minimum Gasteiger partial charge on any atom is -0.507 e. The third-order valence-corrected chi connectivity index (χ3v) is 2.27. The highest BCUT2D eigenvalue weighted by Crippen LogP contribution is 2.29. The second-order valence-corrected chi connectivity index (χ2v) is 3.46. The molecule has 16 heavy (non-hydrogen) atoms. The Labute approximate surface area is 93.2 Å². The summed E-state index contributed by atoms with van der Waals surface area (Å²) in [6.45, 7) is 0.119. The standard InChI is InChI=1S/C12H13NO3/c14-7-3-6-12-13-8-11(16-12)9-4-1-2-5-10(9)15/h1-2,4-5,8,14-15H,3,6-7H2. The van der Waals surface area contributed by atoms with Gasteiger partial charge in [-0.3, -0.25) is 0 Å². The Kier molecular flexibility index (Phi) is 3.22. The number of hydrogen-bond donors (Lipinski definition) is 2. The lowest BCUT2D eigenvalue weighted by Crippen LogP contribution is -1.88. The summed E-state index contributed by atoms with van der Waals surface area (Å²) in [6.07, 6.45) is 2.81. The lowest BCUT2D eigenvalue weighted by molar-refractivity contribution is 0.283. The third-order valence-electron chi connectivity index (χ3n) is 2.27. The molecule has 0 spiro atoms. The molecule has 1 aromatic carbocycles. The van der Waals surface area contributed by atoms with Crippen molar-refractivity contribution in [3.63, 3.8) is 0 Å². The van der Waals surface area contributed by atoms with E-state index in [9.17, 15) is 5.11 Å². The molecule has 0 fully saturated rings. The normalized spacial score (nSPS) is 10.6. The Morgan fingerprint density at radius 3 is 2.81 bits per heavy atom. The van der Waals surface area contributed by atoms with Crippen LogP contribution < -0.4 is 0 Å². The van der Waals surface area contributed by atoms with E-state index < -0.39 is 0 Å². The Morgan fingerprint density at radius 1 is 1.25 bits per heavy atom. The third kappa shape index (κ3) is 2.23. The second kappa shape index (κ2) is 4.81. The van der Waals surface area contributed by atoms with Crippen molar-refractivity contribution >= 4 is 0 Å². The maximum Gasteiger partial charge on any atom is 0.194 e. The van der Waals surface area contributed by atoms with Crippen molar-refractivity contribution in [2.45, 2.75) is 12.8 Å². The predicted molar refractivity (Wildman–Crippen MR) is 59.0 cm³/mol. The zero-order valence-electron chi connectivity index (χ0n) is 8.76. The summed E-state index contributed by atoms with van der Waals surface area (Å²) < 4.78 is 5.47. The van der Waals surface area contributed by atoms with Gasteiger partial charge in [-0.25, -0.2) is 4.98 Å². The summed E-state index contributed by atoms with van der Waals surface area (Å²) in [7, 11) is 0. The van der Waals surface area contributed by atoms with Crippen LogP contribution in [-0.2, 0) is 6.42 Å². The molecule has 0 unspecified atom stereocenters. The minimum absolute atomic E-state index is 0.119. The molecule has 0 atom stereocenters. The number of aliphatic hydroxyl groups excluding tert-OH is 1. The highest BCUT2D eigenvalue weighted by Gasteiger charge is 2.09. The molecule has 4 heteroatoms. The van der Waals surface area contributed by atoms with Crippen molar-refractivity contribution in [3.8, 4) is 17.1 Å². The van der Waals surface area contributed by atoms with Crippen LogP contribution in [0.1, 0.15) is 12.3 Å². The molecule has 2 N–H and O–H groups in total. The van der Waals surface area contributed by atoms with Crippen molar-refractivity contribution in [1.82, 2.24) is 4.98 Å². The van der Waals surface area contributed by atoms with E-state index >= 15 is 0 Å². The van der Waals surface area contributed by atoms with Crippen molar-refractivity contribution in [2.24, 2.45) is 0 Å². The second-order valence-electron chi connectivity index (χ2n) is 3.46. The number of aliphatic hydroxyl groups is 1. The highest BCUT2D eigenvalue weighted by molar-refractivity contribution is 5.64. The number of aryl methyl sites for hydroxylation is 1. The van der Waals surface area contributed by atoms with Crippen LogP contribution in [0.2, 0.25) is 0 Å². The van der Waals surface area contributed by atoms with Gasteiger partial charge >= 0.3 is 0 Å². The molecule has 2 rings (SSSR count). The molecule has 0 saturated carbocycles. The van der Waals surface area contributed by atoms with Gasteiger partial charge in [0.15, 0.2) is 11.7 Å². The quantitative estimate of drug-likeness (QED) is 0.825. The number of oxazole rings is 1. The van der Waals surface area contributed by atoms with Crippen molar-refractivity contribution in [1.29, 1.82) is 0 Å². The van der Waals surface area contributed by atoms with Crippen LogP contribution in [0.4, 0.5) is 0 Å². The fraction of sp³-hybridized carbons (Fsp3) is 0.250. The Balaban J connectivity index is 2.22. The summed E-state index contributed by atoms with van der Waals surface area (Å²) in [5.74, 6) is 1.30. The number of phenolic OH excluding ortho intramolecular Hbond substituents is 1. The molecular weight excluding hydrogens is 206 g/mol. The summed E-state index contributed by atoms with van der Waals surface area (Å²) in [5, 5.41) is 18.3. The first kappa shape index (κ1) is 10.7. The number of aromatic nitrogens is 1. The van der Waals surface area contributed by atoms with Gasteiger partial charge in [0.25, 0.3) is 0 Å². The highest BCUT2D eigenvalue weighted by atomic mass is 16.4. The van der Waals surface area contributed by atoms with Crippen LogP contribution in [0.25, 0.3) is 11.3 Å². The molecule has 0 radical (unpaired) electrons. The molecule has 84 valence electrons. The van der Waals surface area contributed by atoms with E-state index in [1.54, 1.807) is 24.4 Å². The van der Waals surface area contributed by atoms with Gasteiger partial charge in [-0.2, -0.15) is 0 Å². The average Bonchev–Trinajstić information content (AvgIpc) is 2.75. The van der Waals surface area contributed by atoms with E-state index in [2.05, 4.69) is 4.98 Å². The van der Waals surface area contributed by atoms with E-state index in [-0.39, 0.29) is 12.4 Å². The summed E-state index contributed by atoms with van der Waals surface area (Å²) >= 11 is 0. The van der Waals surface area contributed by atoms with E-state index in [4.69, 9.17) is 9.52 Å². The molecule has 0 aliphatic rings. The van der Waals surface area contributed by atoms with Gasteiger partial charge in [-0.05, 0) is 18.6 Å². The number of benzene rings is 1. The number of hydrogen-bond acceptors (Lipinski definition) is 4. The van der Waals surface area contributed by atoms with Crippen molar-refractivity contribution in [3.05, 3.63) is 36.4 Å². The lowest BCUT2D eigenvalue weighted by Gasteiger charge is -1.98. The van der Waals surface area contributed by atoms with Crippen LogP contribution in [0, 0.1) is 0 Å². The van der Waals surface area contributed by atoms with E-state index in [1.165, 1.54) is 0 Å². The van der Waals surface area contributed by atoms with Crippen molar-refractivity contribution in [2.75, 3.05) is 6.61 Å². The molecule has 2 aromatic rings. The average molecular weight is 219 g/mol. The smallest absolute Gasteiger partial charge is 0.194 e. The number of nitrogens with zero attached hydrogens (tertiary/aromatic N) is 1. The fourth-order valence-electron chi connectivity index (χ4n) is 1.46. The topological polar surface area (TPSA) is 66.5 Å². The first-order valence-electron chi connectivity index (χ1n) is 5.15. The Morgan fingerprint density at radius 2 is 2.06 bits per heavy atom. The predicted octanol–water partition coefficient (Wildman–Crippen LogP) is 1.97. The zero-order valence-corrected chi connectivity index (χ0v) is 8.76. The van der Waals surface area contributed by atoms with Gasteiger partial charge in [-0.1, -0.05) is 12.1 Å². The molecule has 0 amide bonds. The summed E-state index contributed by atoms with van der Waals surface area (Å²) in [6, 6.07) is 6.95. The number of aromatic hydroxyl groups is 1. The maximum atomic E-state index is 9.62. The van der Waals surface area contributed by atoms with Crippen LogP contribution in [0.15, 0.2) is 34.9 Å². The molecule has 0 bridgehead atoms. The largest absolute Gasteiger partial charge is 0.507 e. The summed E-state index contributed by atoms with van der Waals surface area (Å²) in [5.41, 5.74) is 0.630. The molecule has 1 aromatic heterocycles.